The SMILES string of the molecule is O=C(NCCNC(=O)c1nc(Cn2cc(Cl)cn2)no1)c1cccnc1. The van der Waals surface area contributed by atoms with Crippen molar-refractivity contribution in [2.75, 3.05) is 13.1 Å². The summed E-state index contributed by atoms with van der Waals surface area (Å²) in [7, 11) is 0. The number of nitrogens with one attached hydrogen (secondary N) is 2. The van der Waals surface area contributed by atoms with Crippen LogP contribution >= 0.6 is 11.6 Å². The highest BCUT2D eigenvalue weighted by molar-refractivity contribution is 6.30. The van der Waals surface area contributed by atoms with Crippen molar-refractivity contribution < 1.29 is 14.1 Å². The second-order valence-corrected chi connectivity index (χ2v) is 5.56. The lowest BCUT2D eigenvalue weighted by atomic mass is 10.3. The van der Waals surface area contributed by atoms with Crippen molar-refractivity contribution in [1.29, 1.82) is 0 Å². The molecule has 2 N–H and O–H groups in total. The fourth-order valence-electron chi connectivity index (χ4n) is 2.01. The number of hydrogen-bond donors (Lipinski definition) is 2. The molecule has 0 atom stereocenters. The van der Waals surface area contributed by atoms with Crippen LogP contribution in [0.2, 0.25) is 5.02 Å². The number of carbonyl (C=O) groups is 2. The van der Waals surface area contributed by atoms with Crippen LogP contribution in [0.3, 0.4) is 0 Å². The Morgan fingerprint density at radius 1 is 1.19 bits per heavy atom. The summed E-state index contributed by atoms with van der Waals surface area (Å²) in [5, 5.41) is 13.4. The zero-order valence-electron chi connectivity index (χ0n) is 13.4. The normalized spacial score (nSPS) is 10.5. The highest BCUT2D eigenvalue weighted by Gasteiger charge is 2.15. The molecular weight excluding hydrogens is 362 g/mol. The lowest BCUT2D eigenvalue weighted by Gasteiger charge is -2.05. The Bertz CT molecular complexity index is 894. The molecule has 0 aliphatic rings. The van der Waals surface area contributed by atoms with Gasteiger partial charge in [0.15, 0.2) is 5.82 Å². The maximum atomic E-state index is 12.0. The lowest BCUT2D eigenvalue weighted by Crippen LogP contribution is -2.34. The van der Waals surface area contributed by atoms with Crippen LogP contribution in [-0.4, -0.2) is 49.8 Å². The summed E-state index contributed by atoms with van der Waals surface area (Å²) < 4.78 is 6.43. The quantitative estimate of drug-likeness (QED) is 0.576. The van der Waals surface area contributed by atoms with Crippen LogP contribution in [0.15, 0.2) is 41.4 Å². The van der Waals surface area contributed by atoms with Crippen molar-refractivity contribution in [2.45, 2.75) is 6.54 Å². The van der Waals surface area contributed by atoms with Gasteiger partial charge in [-0.05, 0) is 12.1 Å². The third kappa shape index (κ3) is 4.63. The van der Waals surface area contributed by atoms with Crippen molar-refractivity contribution in [1.82, 2.24) is 35.5 Å². The third-order valence-corrected chi connectivity index (χ3v) is 3.38. The summed E-state index contributed by atoms with van der Waals surface area (Å²) in [6, 6.07) is 3.31. The summed E-state index contributed by atoms with van der Waals surface area (Å²) in [6.45, 7) is 0.675. The number of halogens is 1. The molecule has 3 aromatic rings. The first-order valence-electron chi connectivity index (χ1n) is 7.59. The van der Waals surface area contributed by atoms with E-state index in [4.69, 9.17) is 16.1 Å². The molecule has 0 bridgehead atoms. The van der Waals surface area contributed by atoms with E-state index in [1.54, 1.807) is 24.5 Å². The van der Waals surface area contributed by atoms with Crippen LogP contribution in [0.25, 0.3) is 0 Å². The topological polar surface area (TPSA) is 128 Å². The second-order valence-electron chi connectivity index (χ2n) is 5.13. The maximum Gasteiger partial charge on any atom is 0.316 e. The van der Waals surface area contributed by atoms with E-state index in [1.165, 1.54) is 17.1 Å². The molecule has 0 unspecified atom stereocenters. The highest BCUT2D eigenvalue weighted by atomic mass is 35.5. The van der Waals surface area contributed by atoms with E-state index in [-0.39, 0.29) is 31.4 Å². The van der Waals surface area contributed by atoms with Crippen LogP contribution < -0.4 is 10.6 Å². The third-order valence-electron chi connectivity index (χ3n) is 3.19. The minimum absolute atomic E-state index is 0.170. The molecular formula is C15H14ClN7O3. The van der Waals surface area contributed by atoms with Crippen LogP contribution in [-0.2, 0) is 6.54 Å². The number of amides is 2. The predicted molar refractivity (Wildman–Crippen MR) is 89.5 cm³/mol. The molecule has 3 aromatic heterocycles. The molecule has 3 rings (SSSR count). The molecule has 0 spiro atoms. The van der Waals surface area contributed by atoms with Crippen LogP contribution in [0, 0.1) is 0 Å². The van der Waals surface area contributed by atoms with Crippen molar-refractivity contribution in [3.63, 3.8) is 0 Å². The Balaban J connectivity index is 1.43. The molecule has 0 radical (unpaired) electrons. The van der Waals surface area contributed by atoms with Crippen LogP contribution in [0.1, 0.15) is 26.9 Å². The van der Waals surface area contributed by atoms with Crippen molar-refractivity contribution >= 4 is 23.4 Å². The first kappa shape index (κ1) is 17.5. The number of carbonyl (C=O) groups excluding carboxylic acids is 2. The Morgan fingerprint density at radius 2 is 2.00 bits per heavy atom. The van der Waals surface area contributed by atoms with Crippen LogP contribution in [0.5, 0.6) is 0 Å². The van der Waals surface area contributed by atoms with E-state index < -0.39 is 5.91 Å². The summed E-state index contributed by atoms with van der Waals surface area (Å²) in [5.74, 6) is -0.681. The number of nitrogens with zero attached hydrogens (tertiary/aromatic N) is 5. The fraction of sp³-hybridized carbons (Fsp3) is 0.200. The summed E-state index contributed by atoms with van der Waals surface area (Å²) in [6.07, 6.45) is 6.12. The van der Waals surface area contributed by atoms with Gasteiger partial charge in [-0.3, -0.25) is 19.3 Å². The monoisotopic (exact) mass is 375 g/mol. The largest absolute Gasteiger partial charge is 0.350 e. The van der Waals surface area contributed by atoms with Crippen molar-refractivity contribution in [2.24, 2.45) is 0 Å². The first-order valence-corrected chi connectivity index (χ1v) is 7.96. The molecule has 2 amide bonds. The van der Waals surface area contributed by atoms with Gasteiger partial charge in [0.25, 0.3) is 5.91 Å². The molecule has 134 valence electrons. The average molecular weight is 376 g/mol. The molecule has 0 aliphatic heterocycles. The Kier molecular flexibility index (Phi) is 5.54. The Morgan fingerprint density at radius 3 is 2.69 bits per heavy atom. The van der Waals surface area contributed by atoms with Crippen LogP contribution in [0.4, 0.5) is 0 Å². The van der Waals surface area contributed by atoms with Gasteiger partial charge in [0, 0.05) is 31.7 Å². The van der Waals surface area contributed by atoms with Gasteiger partial charge in [0.05, 0.1) is 16.8 Å². The zero-order valence-corrected chi connectivity index (χ0v) is 14.2. The maximum absolute atomic E-state index is 12.0. The fourth-order valence-corrected chi connectivity index (χ4v) is 2.16. The Hall–Kier alpha value is -3.27. The van der Waals surface area contributed by atoms with Crippen molar-refractivity contribution in [3.8, 4) is 0 Å². The molecule has 0 saturated heterocycles. The summed E-state index contributed by atoms with van der Waals surface area (Å²) >= 11 is 5.77. The zero-order chi connectivity index (χ0) is 18.4. The van der Waals surface area contributed by atoms with E-state index in [9.17, 15) is 9.59 Å². The molecule has 0 fully saturated rings. The lowest BCUT2D eigenvalue weighted by molar-refractivity contribution is 0.0898. The number of hydrogen-bond acceptors (Lipinski definition) is 7. The van der Waals surface area contributed by atoms with E-state index in [0.29, 0.717) is 16.4 Å². The standard InChI is InChI=1S/C15H14ClN7O3/c16-11-7-20-23(8-11)9-12-21-15(26-22-12)14(25)19-5-4-18-13(24)10-2-1-3-17-6-10/h1-3,6-8H,4-5,9H2,(H,18,24)(H,19,25). The molecule has 26 heavy (non-hydrogen) atoms. The molecule has 10 nitrogen and oxygen atoms in total. The van der Waals surface area contributed by atoms with Gasteiger partial charge in [0.1, 0.15) is 6.54 Å². The van der Waals surface area contributed by atoms with Gasteiger partial charge in [-0.2, -0.15) is 10.1 Å². The van der Waals surface area contributed by atoms with E-state index in [0.717, 1.165) is 0 Å². The van der Waals surface area contributed by atoms with Gasteiger partial charge in [0.2, 0.25) is 0 Å². The van der Waals surface area contributed by atoms with Crippen molar-refractivity contribution in [3.05, 3.63) is 59.2 Å². The van der Waals surface area contributed by atoms with E-state index in [2.05, 4.69) is 30.9 Å². The van der Waals surface area contributed by atoms with Gasteiger partial charge < -0.3 is 15.2 Å². The highest BCUT2D eigenvalue weighted by Crippen LogP contribution is 2.06. The summed E-state index contributed by atoms with van der Waals surface area (Å²) in [5.41, 5.74) is 0.444. The van der Waals surface area contributed by atoms with E-state index in [1.807, 2.05) is 0 Å². The molecule has 11 heteroatoms. The number of pyridine rings is 1. The van der Waals surface area contributed by atoms with E-state index >= 15 is 0 Å². The average Bonchev–Trinajstić information content (AvgIpc) is 3.28. The minimum Gasteiger partial charge on any atom is -0.350 e. The first-order chi connectivity index (χ1) is 12.6. The molecule has 0 aromatic carbocycles. The Labute approximate surface area is 152 Å². The second kappa shape index (κ2) is 8.21. The smallest absolute Gasteiger partial charge is 0.316 e. The molecule has 0 aliphatic carbocycles. The molecule has 3 heterocycles. The van der Waals surface area contributed by atoms with Gasteiger partial charge in [-0.15, -0.1) is 0 Å². The van der Waals surface area contributed by atoms with Gasteiger partial charge >= 0.3 is 11.8 Å². The summed E-state index contributed by atoms with van der Waals surface area (Å²) in [4.78, 5) is 31.6. The van der Waals surface area contributed by atoms with Gasteiger partial charge in [-0.1, -0.05) is 16.8 Å². The molecule has 0 saturated carbocycles. The predicted octanol–water partition coefficient (Wildman–Crippen LogP) is 0.523. The van der Waals surface area contributed by atoms with Gasteiger partial charge in [-0.25, -0.2) is 0 Å². The number of aromatic nitrogens is 5. The number of rotatable bonds is 7. The minimum atomic E-state index is -0.530.